The molecule has 1 N–H and O–H groups in total. The molecule has 1 heterocycles. The average Bonchev–Trinajstić information content (AvgIpc) is 3.07. The van der Waals surface area contributed by atoms with Crippen molar-refractivity contribution in [3.8, 4) is 5.75 Å². The van der Waals surface area contributed by atoms with E-state index >= 15 is 0 Å². The molecule has 1 aromatic heterocycles. The first-order chi connectivity index (χ1) is 12.6. The van der Waals surface area contributed by atoms with Crippen molar-refractivity contribution in [2.75, 3.05) is 25.3 Å². The van der Waals surface area contributed by atoms with Crippen LogP contribution in [0.25, 0.3) is 10.2 Å². The normalized spacial score (nSPS) is 10.5. The molecule has 0 aliphatic heterocycles. The Labute approximate surface area is 158 Å². The number of anilines is 1. The van der Waals surface area contributed by atoms with Gasteiger partial charge in [0.25, 0.3) is 0 Å². The molecule has 0 spiro atoms. The van der Waals surface area contributed by atoms with E-state index in [2.05, 4.69) is 10.3 Å². The van der Waals surface area contributed by atoms with E-state index in [-0.39, 0.29) is 11.7 Å². The van der Waals surface area contributed by atoms with Gasteiger partial charge >= 0.3 is 5.97 Å². The van der Waals surface area contributed by atoms with Gasteiger partial charge in [0.15, 0.2) is 5.13 Å². The molecule has 8 heteroatoms. The second-order valence-electron chi connectivity index (χ2n) is 5.21. The smallest absolute Gasteiger partial charge is 0.337 e. The number of ether oxygens (including phenoxy) is 2. The number of carbonyl (C=O) groups is 2. The molecule has 0 fully saturated rings. The number of esters is 1. The lowest BCUT2D eigenvalue weighted by atomic mass is 10.2. The summed E-state index contributed by atoms with van der Waals surface area (Å²) in [5.41, 5.74) is 1.18. The first-order valence-corrected chi connectivity index (χ1v) is 9.45. The van der Waals surface area contributed by atoms with E-state index in [4.69, 9.17) is 9.47 Å². The molecule has 0 aliphatic rings. The van der Waals surface area contributed by atoms with Gasteiger partial charge in [-0.2, -0.15) is 0 Å². The maximum atomic E-state index is 12.1. The van der Waals surface area contributed by atoms with Crippen LogP contribution < -0.4 is 10.1 Å². The molecule has 2 aromatic carbocycles. The molecule has 134 valence electrons. The first-order valence-electron chi connectivity index (χ1n) is 7.64. The molecule has 0 radical (unpaired) electrons. The highest BCUT2D eigenvalue weighted by molar-refractivity contribution is 8.00. The summed E-state index contributed by atoms with van der Waals surface area (Å²) in [5, 5.41) is 3.30. The van der Waals surface area contributed by atoms with Crippen molar-refractivity contribution in [1.82, 2.24) is 4.98 Å². The van der Waals surface area contributed by atoms with Crippen molar-refractivity contribution in [3.63, 3.8) is 0 Å². The van der Waals surface area contributed by atoms with E-state index in [1.165, 1.54) is 30.2 Å². The molecule has 1 amide bonds. The molecule has 0 saturated heterocycles. The molecule has 3 rings (SSSR count). The maximum absolute atomic E-state index is 12.1. The number of rotatable bonds is 6. The highest BCUT2D eigenvalue weighted by Crippen LogP contribution is 2.27. The van der Waals surface area contributed by atoms with Crippen LogP contribution in [0.5, 0.6) is 5.75 Å². The molecule has 0 atom stereocenters. The van der Waals surface area contributed by atoms with E-state index in [9.17, 15) is 9.59 Å². The molecule has 0 bridgehead atoms. The number of methoxy groups -OCH3 is 2. The largest absolute Gasteiger partial charge is 0.497 e. The van der Waals surface area contributed by atoms with Crippen LogP contribution in [0, 0.1) is 0 Å². The Kier molecular flexibility index (Phi) is 5.75. The van der Waals surface area contributed by atoms with E-state index in [1.54, 1.807) is 25.3 Å². The lowest BCUT2D eigenvalue weighted by Crippen LogP contribution is -2.13. The van der Waals surface area contributed by atoms with Crippen molar-refractivity contribution >= 4 is 50.3 Å². The third-order valence-electron chi connectivity index (χ3n) is 3.49. The Balaban J connectivity index is 1.62. The first kappa shape index (κ1) is 18.2. The highest BCUT2D eigenvalue weighted by atomic mass is 32.2. The minimum Gasteiger partial charge on any atom is -0.497 e. The van der Waals surface area contributed by atoms with Crippen LogP contribution in [0.1, 0.15) is 10.4 Å². The number of thioether (sulfide) groups is 1. The Morgan fingerprint density at radius 3 is 2.62 bits per heavy atom. The standard InChI is InChI=1S/C18H16N2O4S2/c1-23-12-4-6-13(7-5-12)25-10-16(21)20-18-19-14-8-3-11(17(22)24-2)9-15(14)26-18/h3-9H,10H2,1-2H3,(H,19,20,21). The summed E-state index contributed by atoms with van der Waals surface area (Å²) in [7, 11) is 2.95. The number of aromatic nitrogens is 1. The molecular formula is C18H16N2O4S2. The number of thiazole rings is 1. The van der Waals surface area contributed by atoms with Crippen molar-refractivity contribution in [2.45, 2.75) is 4.90 Å². The summed E-state index contributed by atoms with van der Waals surface area (Å²) in [5.74, 6) is 0.509. The summed E-state index contributed by atoms with van der Waals surface area (Å²) >= 11 is 2.75. The fourth-order valence-corrected chi connectivity index (χ4v) is 3.82. The van der Waals surface area contributed by atoms with Gasteiger partial charge in [-0.05, 0) is 42.5 Å². The zero-order valence-corrected chi connectivity index (χ0v) is 15.8. The predicted octanol–water partition coefficient (Wildman–Crippen LogP) is 3.82. The van der Waals surface area contributed by atoms with Crippen molar-refractivity contribution < 1.29 is 19.1 Å². The molecule has 0 saturated carbocycles. The minimum absolute atomic E-state index is 0.141. The van der Waals surface area contributed by atoms with E-state index in [0.717, 1.165) is 20.9 Å². The fraction of sp³-hybridized carbons (Fsp3) is 0.167. The number of nitrogens with zero attached hydrogens (tertiary/aromatic N) is 1. The van der Waals surface area contributed by atoms with Gasteiger partial charge in [0.2, 0.25) is 5.91 Å². The van der Waals surface area contributed by atoms with Crippen LogP contribution in [0.15, 0.2) is 47.4 Å². The van der Waals surface area contributed by atoms with Crippen molar-refractivity contribution in [2.24, 2.45) is 0 Å². The van der Waals surface area contributed by atoms with Gasteiger partial charge in [0.05, 0.1) is 35.8 Å². The lowest BCUT2D eigenvalue weighted by Gasteiger charge is -2.03. The van der Waals surface area contributed by atoms with Crippen LogP contribution in [-0.4, -0.2) is 36.8 Å². The average molecular weight is 388 g/mol. The summed E-state index contributed by atoms with van der Waals surface area (Å²) in [6.45, 7) is 0. The fourth-order valence-electron chi connectivity index (χ4n) is 2.20. The van der Waals surface area contributed by atoms with Crippen LogP contribution in [0.4, 0.5) is 5.13 Å². The van der Waals surface area contributed by atoms with Gasteiger partial charge in [-0.3, -0.25) is 4.79 Å². The maximum Gasteiger partial charge on any atom is 0.337 e. The zero-order valence-electron chi connectivity index (χ0n) is 14.1. The number of fused-ring (bicyclic) bond motifs is 1. The number of hydrogen-bond acceptors (Lipinski definition) is 7. The summed E-state index contributed by atoms with van der Waals surface area (Å²) in [4.78, 5) is 29.1. The number of nitrogens with one attached hydrogen (secondary N) is 1. The van der Waals surface area contributed by atoms with Gasteiger partial charge in [-0.25, -0.2) is 9.78 Å². The van der Waals surface area contributed by atoms with Crippen LogP contribution in [0.2, 0.25) is 0 Å². The highest BCUT2D eigenvalue weighted by Gasteiger charge is 2.11. The Morgan fingerprint density at radius 2 is 1.92 bits per heavy atom. The van der Waals surface area contributed by atoms with E-state index < -0.39 is 5.97 Å². The Hall–Kier alpha value is -2.58. The Bertz CT molecular complexity index is 938. The molecular weight excluding hydrogens is 372 g/mol. The topological polar surface area (TPSA) is 77.5 Å². The van der Waals surface area contributed by atoms with Crippen LogP contribution in [-0.2, 0) is 9.53 Å². The SMILES string of the molecule is COC(=O)c1ccc2nc(NC(=O)CSc3ccc(OC)cc3)sc2c1. The quantitative estimate of drug-likeness (QED) is 0.511. The monoisotopic (exact) mass is 388 g/mol. The predicted molar refractivity (Wildman–Crippen MR) is 103 cm³/mol. The van der Waals surface area contributed by atoms with Crippen molar-refractivity contribution in [3.05, 3.63) is 48.0 Å². The molecule has 26 heavy (non-hydrogen) atoms. The van der Waals surface area contributed by atoms with E-state index in [1.807, 2.05) is 24.3 Å². The van der Waals surface area contributed by atoms with Gasteiger partial charge in [-0.15, -0.1) is 11.8 Å². The number of amides is 1. The third kappa shape index (κ3) is 4.33. The number of benzene rings is 2. The van der Waals surface area contributed by atoms with Gasteiger partial charge < -0.3 is 14.8 Å². The molecule has 0 aliphatic carbocycles. The zero-order chi connectivity index (χ0) is 18.5. The molecule has 3 aromatic rings. The van der Waals surface area contributed by atoms with Crippen LogP contribution in [0.3, 0.4) is 0 Å². The van der Waals surface area contributed by atoms with Gasteiger partial charge in [0, 0.05) is 4.90 Å². The number of carbonyl (C=O) groups excluding carboxylic acids is 2. The second-order valence-corrected chi connectivity index (χ2v) is 7.28. The Morgan fingerprint density at radius 1 is 1.15 bits per heavy atom. The van der Waals surface area contributed by atoms with Gasteiger partial charge in [0.1, 0.15) is 5.75 Å². The van der Waals surface area contributed by atoms with E-state index in [0.29, 0.717) is 10.7 Å². The third-order valence-corrected chi connectivity index (χ3v) is 5.43. The van der Waals surface area contributed by atoms with Crippen LogP contribution >= 0.6 is 23.1 Å². The molecule has 0 unspecified atom stereocenters. The van der Waals surface area contributed by atoms with Gasteiger partial charge in [-0.1, -0.05) is 11.3 Å². The second kappa shape index (κ2) is 8.20. The van der Waals surface area contributed by atoms with Crippen molar-refractivity contribution in [1.29, 1.82) is 0 Å². The lowest BCUT2D eigenvalue weighted by molar-refractivity contribution is -0.113. The number of hydrogen-bond donors (Lipinski definition) is 1. The summed E-state index contributed by atoms with van der Waals surface area (Å²) in [6, 6.07) is 12.6. The molecule has 6 nitrogen and oxygen atoms in total. The summed E-state index contributed by atoms with van der Waals surface area (Å²) in [6.07, 6.45) is 0. The summed E-state index contributed by atoms with van der Waals surface area (Å²) < 4.78 is 10.6. The minimum atomic E-state index is -0.401.